The predicted molar refractivity (Wildman–Crippen MR) is 80.3 cm³/mol. The Kier molecular flexibility index (Phi) is 5.27. The highest BCUT2D eigenvalue weighted by atomic mass is 16.2. The Labute approximate surface area is 125 Å². The molecule has 0 bridgehead atoms. The minimum absolute atomic E-state index is 0.0389. The summed E-state index contributed by atoms with van der Waals surface area (Å²) in [5.41, 5.74) is 0.913. The van der Waals surface area contributed by atoms with Gasteiger partial charge in [0, 0.05) is 38.6 Å². The summed E-state index contributed by atoms with van der Waals surface area (Å²) >= 11 is 0. The lowest BCUT2D eigenvalue weighted by Gasteiger charge is -2.15. The average Bonchev–Trinajstić information content (AvgIpc) is 3.00. The van der Waals surface area contributed by atoms with E-state index in [2.05, 4.69) is 10.3 Å². The van der Waals surface area contributed by atoms with Gasteiger partial charge in [-0.1, -0.05) is 0 Å². The fourth-order valence-corrected chi connectivity index (χ4v) is 2.28. The van der Waals surface area contributed by atoms with Crippen LogP contribution in [0, 0.1) is 0 Å². The third-order valence-electron chi connectivity index (χ3n) is 3.49. The largest absolute Gasteiger partial charge is 0.351 e. The first-order chi connectivity index (χ1) is 10.1. The molecule has 0 aliphatic carbocycles. The number of aromatic nitrogens is 1. The molecule has 1 fully saturated rings. The first kappa shape index (κ1) is 15.4. The van der Waals surface area contributed by atoms with E-state index in [0.717, 1.165) is 32.5 Å². The molecule has 1 aromatic heterocycles. The fraction of sp³-hybridized carbons (Fsp3) is 0.533. The number of amides is 2. The van der Waals surface area contributed by atoms with Crippen molar-refractivity contribution in [3.05, 3.63) is 29.6 Å². The van der Waals surface area contributed by atoms with Gasteiger partial charge in [0.2, 0.25) is 0 Å². The summed E-state index contributed by atoms with van der Waals surface area (Å²) < 4.78 is 0. The van der Waals surface area contributed by atoms with Crippen LogP contribution in [0.3, 0.4) is 0 Å². The number of nitrogens with one attached hydrogen (secondary N) is 1. The molecular weight excluding hydrogens is 268 g/mol. The molecule has 1 N–H and O–H groups in total. The molecule has 1 aliphatic rings. The molecule has 1 aliphatic heterocycles. The number of hydrogen-bond acceptors (Lipinski definition) is 4. The SMILES string of the molecule is CN(C)CCNC(=O)c1cncc(C(=O)N2CCCC2)c1. The quantitative estimate of drug-likeness (QED) is 0.863. The van der Waals surface area contributed by atoms with Crippen molar-refractivity contribution in [2.24, 2.45) is 0 Å². The Morgan fingerprint density at radius 2 is 1.90 bits per heavy atom. The average molecular weight is 290 g/mol. The van der Waals surface area contributed by atoms with Crippen molar-refractivity contribution in [3.8, 4) is 0 Å². The van der Waals surface area contributed by atoms with Crippen molar-refractivity contribution in [1.29, 1.82) is 0 Å². The Hall–Kier alpha value is -1.95. The normalized spacial score (nSPS) is 14.5. The lowest BCUT2D eigenvalue weighted by atomic mass is 10.1. The van der Waals surface area contributed by atoms with Gasteiger partial charge in [0.05, 0.1) is 11.1 Å². The van der Waals surface area contributed by atoms with E-state index in [4.69, 9.17) is 0 Å². The predicted octanol–water partition coefficient (Wildman–Crippen LogP) is 0.609. The van der Waals surface area contributed by atoms with Gasteiger partial charge in [-0.3, -0.25) is 14.6 Å². The maximum absolute atomic E-state index is 12.3. The van der Waals surface area contributed by atoms with Crippen LogP contribution < -0.4 is 5.32 Å². The van der Waals surface area contributed by atoms with Gasteiger partial charge in [-0.2, -0.15) is 0 Å². The zero-order valence-corrected chi connectivity index (χ0v) is 12.6. The van der Waals surface area contributed by atoms with E-state index in [0.29, 0.717) is 17.7 Å². The zero-order valence-electron chi connectivity index (χ0n) is 12.6. The van der Waals surface area contributed by atoms with Crippen molar-refractivity contribution >= 4 is 11.8 Å². The van der Waals surface area contributed by atoms with E-state index >= 15 is 0 Å². The number of likely N-dealkylation sites (tertiary alicyclic amines) is 1. The topological polar surface area (TPSA) is 65.5 Å². The Morgan fingerprint density at radius 1 is 1.24 bits per heavy atom. The Balaban J connectivity index is 1.99. The molecule has 6 heteroatoms. The lowest BCUT2D eigenvalue weighted by molar-refractivity contribution is 0.0792. The van der Waals surface area contributed by atoms with E-state index < -0.39 is 0 Å². The minimum Gasteiger partial charge on any atom is -0.351 e. The molecule has 0 saturated carbocycles. The van der Waals surface area contributed by atoms with Crippen LogP contribution in [0.25, 0.3) is 0 Å². The standard InChI is InChI=1S/C15H22N4O2/c1-18(2)8-5-17-14(20)12-9-13(11-16-10-12)15(21)19-6-3-4-7-19/h9-11H,3-8H2,1-2H3,(H,17,20). The van der Waals surface area contributed by atoms with E-state index in [-0.39, 0.29) is 11.8 Å². The summed E-state index contributed by atoms with van der Waals surface area (Å²) in [4.78, 5) is 32.1. The van der Waals surface area contributed by atoms with Crippen molar-refractivity contribution in [2.75, 3.05) is 40.3 Å². The molecule has 0 spiro atoms. The van der Waals surface area contributed by atoms with Crippen molar-refractivity contribution in [3.63, 3.8) is 0 Å². The van der Waals surface area contributed by atoms with Crippen LogP contribution in [0.2, 0.25) is 0 Å². The number of carbonyl (C=O) groups is 2. The highest BCUT2D eigenvalue weighted by Gasteiger charge is 2.20. The molecule has 114 valence electrons. The summed E-state index contributed by atoms with van der Waals surface area (Å²) in [6.45, 7) is 2.91. The molecule has 0 unspecified atom stereocenters. The van der Waals surface area contributed by atoms with Gasteiger partial charge in [-0.05, 0) is 33.0 Å². The zero-order chi connectivity index (χ0) is 15.2. The molecular formula is C15H22N4O2. The monoisotopic (exact) mass is 290 g/mol. The molecule has 0 atom stereocenters. The lowest BCUT2D eigenvalue weighted by Crippen LogP contribution is -2.32. The number of carbonyl (C=O) groups excluding carboxylic acids is 2. The van der Waals surface area contributed by atoms with Gasteiger partial charge < -0.3 is 15.1 Å². The number of nitrogens with zero attached hydrogens (tertiary/aromatic N) is 3. The summed E-state index contributed by atoms with van der Waals surface area (Å²) in [7, 11) is 3.89. The van der Waals surface area contributed by atoms with E-state index in [9.17, 15) is 9.59 Å². The Bertz CT molecular complexity index is 510. The number of likely N-dealkylation sites (N-methyl/N-ethyl adjacent to an activating group) is 1. The van der Waals surface area contributed by atoms with Crippen LogP contribution in [-0.4, -0.2) is 66.9 Å². The van der Waals surface area contributed by atoms with Crippen LogP contribution in [0.5, 0.6) is 0 Å². The summed E-state index contributed by atoms with van der Waals surface area (Å²) in [5, 5.41) is 2.82. The molecule has 1 saturated heterocycles. The highest BCUT2D eigenvalue weighted by molar-refractivity contribution is 5.99. The van der Waals surface area contributed by atoms with Crippen LogP contribution in [0.15, 0.2) is 18.5 Å². The van der Waals surface area contributed by atoms with Gasteiger partial charge >= 0.3 is 0 Å². The molecule has 0 aromatic carbocycles. The minimum atomic E-state index is -0.194. The van der Waals surface area contributed by atoms with Gasteiger partial charge in [0.15, 0.2) is 0 Å². The molecule has 2 rings (SSSR count). The molecule has 2 heterocycles. The number of pyridine rings is 1. The van der Waals surface area contributed by atoms with Crippen molar-refractivity contribution in [2.45, 2.75) is 12.8 Å². The fourth-order valence-electron chi connectivity index (χ4n) is 2.28. The van der Waals surface area contributed by atoms with Crippen LogP contribution >= 0.6 is 0 Å². The van der Waals surface area contributed by atoms with Crippen molar-refractivity contribution in [1.82, 2.24) is 20.1 Å². The second kappa shape index (κ2) is 7.17. The third-order valence-corrected chi connectivity index (χ3v) is 3.49. The van der Waals surface area contributed by atoms with Crippen LogP contribution in [-0.2, 0) is 0 Å². The highest BCUT2D eigenvalue weighted by Crippen LogP contribution is 2.13. The smallest absolute Gasteiger partial charge is 0.255 e. The molecule has 6 nitrogen and oxygen atoms in total. The van der Waals surface area contributed by atoms with Gasteiger partial charge in [-0.15, -0.1) is 0 Å². The van der Waals surface area contributed by atoms with E-state index in [1.807, 2.05) is 23.9 Å². The molecule has 1 aromatic rings. The summed E-state index contributed by atoms with van der Waals surface area (Å²) in [6.07, 6.45) is 5.11. The van der Waals surface area contributed by atoms with Crippen LogP contribution in [0.1, 0.15) is 33.6 Å². The van der Waals surface area contributed by atoms with E-state index in [1.54, 1.807) is 6.07 Å². The first-order valence-electron chi connectivity index (χ1n) is 7.25. The first-order valence-corrected chi connectivity index (χ1v) is 7.25. The molecule has 0 radical (unpaired) electrons. The summed E-state index contributed by atoms with van der Waals surface area (Å²) in [5.74, 6) is -0.233. The van der Waals surface area contributed by atoms with Crippen LogP contribution in [0.4, 0.5) is 0 Å². The van der Waals surface area contributed by atoms with Gasteiger partial charge in [-0.25, -0.2) is 0 Å². The number of hydrogen-bond donors (Lipinski definition) is 1. The maximum atomic E-state index is 12.3. The Morgan fingerprint density at radius 3 is 2.57 bits per heavy atom. The second-order valence-corrected chi connectivity index (χ2v) is 5.52. The second-order valence-electron chi connectivity index (χ2n) is 5.52. The van der Waals surface area contributed by atoms with Crippen molar-refractivity contribution < 1.29 is 9.59 Å². The third kappa shape index (κ3) is 4.26. The number of rotatable bonds is 5. The maximum Gasteiger partial charge on any atom is 0.255 e. The van der Waals surface area contributed by atoms with E-state index in [1.165, 1.54) is 12.4 Å². The van der Waals surface area contributed by atoms with Gasteiger partial charge in [0.1, 0.15) is 0 Å². The molecule has 2 amide bonds. The summed E-state index contributed by atoms with van der Waals surface area (Å²) in [6, 6.07) is 1.62. The van der Waals surface area contributed by atoms with Gasteiger partial charge in [0.25, 0.3) is 11.8 Å². The molecule has 21 heavy (non-hydrogen) atoms.